The summed E-state index contributed by atoms with van der Waals surface area (Å²) in [6.07, 6.45) is -2.40. The Bertz CT molecular complexity index is 595. The van der Waals surface area contributed by atoms with E-state index in [9.17, 15) is 23.1 Å². The molecule has 1 heterocycles. The molecule has 1 aromatic carbocycles. The van der Waals surface area contributed by atoms with E-state index in [-0.39, 0.29) is 24.6 Å². The van der Waals surface area contributed by atoms with Crippen molar-refractivity contribution in [2.75, 3.05) is 39.8 Å². The van der Waals surface area contributed by atoms with Crippen molar-refractivity contribution in [3.63, 3.8) is 0 Å². The molecule has 2 N–H and O–H groups in total. The zero-order valence-electron chi connectivity index (χ0n) is 14.9. The number of carbonyl (C=O) groups excluding carboxylic acids is 1. The Kier molecular flexibility index (Phi) is 7.28. The van der Waals surface area contributed by atoms with E-state index >= 15 is 0 Å². The highest BCUT2D eigenvalue weighted by molar-refractivity contribution is 5.73. The molecule has 146 valence electrons. The van der Waals surface area contributed by atoms with E-state index in [1.165, 1.54) is 30.1 Å². The fourth-order valence-electron chi connectivity index (χ4n) is 3.22. The topological polar surface area (TPSA) is 55.8 Å². The number of halogens is 3. The molecule has 5 nitrogen and oxygen atoms in total. The van der Waals surface area contributed by atoms with Crippen LogP contribution < -0.4 is 5.32 Å². The molecule has 26 heavy (non-hydrogen) atoms. The molecule has 2 rings (SSSR count). The zero-order chi connectivity index (χ0) is 19.2. The third-order valence-corrected chi connectivity index (χ3v) is 4.64. The standard InChI is InChI=1S/C18H26F3N3O2/c1-23(12-15-6-2-3-7-16(15)18(19,20)21)17(26)22-8-10-24-9-4-5-14(11-24)13-25/h2-3,6-7,14,25H,4-5,8-13H2,1H3,(H,22,26). The summed E-state index contributed by atoms with van der Waals surface area (Å²) in [6.45, 7) is 2.88. The van der Waals surface area contributed by atoms with Crippen molar-refractivity contribution in [3.8, 4) is 0 Å². The fraction of sp³-hybridized carbons (Fsp3) is 0.611. The minimum absolute atomic E-state index is 0.0690. The van der Waals surface area contributed by atoms with Gasteiger partial charge in [-0.15, -0.1) is 0 Å². The summed E-state index contributed by atoms with van der Waals surface area (Å²) in [7, 11) is 1.48. The highest BCUT2D eigenvalue weighted by Gasteiger charge is 2.33. The van der Waals surface area contributed by atoms with E-state index in [4.69, 9.17) is 0 Å². The Balaban J connectivity index is 1.81. The van der Waals surface area contributed by atoms with E-state index in [1.807, 2.05) is 0 Å². The van der Waals surface area contributed by atoms with Crippen LogP contribution in [0.3, 0.4) is 0 Å². The van der Waals surface area contributed by atoms with Crippen molar-refractivity contribution in [2.24, 2.45) is 5.92 Å². The lowest BCUT2D eigenvalue weighted by atomic mass is 9.99. The quantitative estimate of drug-likeness (QED) is 0.806. The summed E-state index contributed by atoms with van der Waals surface area (Å²) in [6, 6.07) is 4.87. The molecule has 0 aromatic heterocycles. The molecule has 1 aliphatic rings. The van der Waals surface area contributed by atoms with Crippen molar-refractivity contribution in [1.82, 2.24) is 15.1 Å². The van der Waals surface area contributed by atoms with E-state index < -0.39 is 17.8 Å². The van der Waals surface area contributed by atoms with Crippen LogP contribution in [0.15, 0.2) is 24.3 Å². The molecule has 0 saturated carbocycles. The van der Waals surface area contributed by atoms with Gasteiger partial charge in [-0.1, -0.05) is 18.2 Å². The first-order chi connectivity index (χ1) is 12.3. The molecular formula is C18H26F3N3O2. The maximum Gasteiger partial charge on any atom is 0.416 e. The van der Waals surface area contributed by atoms with Gasteiger partial charge in [0.25, 0.3) is 0 Å². The smallest absolute Gasteiger partial charge is 0.396 e. The first-order valence-electron chi connectivity index (χ1n) is 8.78. The number of hydrogen-bond donors (Lipinski definition) is 2. The number of nitrogens with zero attached hydrogens (tertiary/aromatic N) is 2. The minimum Gasteiger partial charge on any atom is -0.396 e. The van der Waals surface area contributed by atoms with Crippen LogP contribution in [0.25, 0.3) is 0 Å². The number of benzene rings is 1. The van der Waals surface area contributed by atoms with Gasteiger partial charge in [0.05, 0.1) is 5.56 Å². The van der Waals surface area contributed by atoms with E-state index in [2.05, 4.69) is 10.2 Å². The van der Waals surface area contributed by atoms with Crippen LogP contribution in [0.4, 0.5) is 18.0 Å². The third-order valence-electron chi connectivity index (χ3n) is 4.64. The van der Waals surface area contributed by atoms with Gasteiger partial charge in [0.1, 0.15) is 0 Å². The third kappa shape index (κ3) is 5.88. The summed E-state index contributed by atoms with van der Waals surface area (Å²) >= 11 is 0. The second kappa shape index (κ2) is 9.23. The molecule has 0 bridgehead atoms. The minimum atomic E-state index is -4.44. The maximum absolute atomic E-state index is 13.0. The maximum atomic E-state index is 13.0. The number of amides is 2. The molecule has 1 atom stereocenters. The number of urea groups is 1. The van der Waals surface area contributed by atoms with Gasteiger partial charge in [-0.05, 0) is 36.9 Å². The number of aliphatic hydroxyl groups excluding tert-OH is 1. The number of hydrogen-bond acceptors (Lipinski definition) is 3. The highest BCUT2D eigenvalue weighted by atomic mass is 19.4. The molecule has 1 fully saturated rings. The molecular weight excluding hydrogens is 347 g/mol. The molecule has 1 unspecified atom stereocenters. The van der Waals surface area contributed by atoms with Gasteiger partial charge in [0, 0.05) is 39.8 Å². The fourth-order valence-corrected chi connectivity index (χ4v) is 3.22. The normalized spacial score (nSPS) is 18.6. The number of alkyl halides is 3. The molecule has 1 aromatic rings. The Morgan fingerprint density at radius 3 is 2.81 bits per heavy atom. The lowest BCUT2D eigenvalue weighted by Crippen LogP contribution is -2.44. The Labute approximate surface area is 151 Å². The molecule has 0 spiro atoms. The molecule has 8 heteroatoms. The van der Waals surface area contributed by atoms with Crippen molar-refractivity contribution < 1.29 is 23.1 Å². The monoisotopic (exact) mass is 373 g/mol. The number of carbonyl (C=O) groups is 1. The van der Waals surface area contributed by atoms with Crippen LogP contribution in [-0.2, 0) is 12.7 Å². The summed E-state index contributed by atoms with van der Waals surface area (Å²) < 4.78 is 39.1. The van der Waals surface area contributed by atoms with Crippen molar-refractivity contribution in [2.45, 2.75) is 25.6 Å². The lowest BCUT2D eigenvalue weighted by Gasteiger charge is -2.31. The van der Waals surface area contributed by atoms with Crippen LogP contribution in [-0.4, -0.2) is 60.8 Å². The first kappa shape index (κ1) is 20.5. The predicted molar refractivity (Wildman–Crippen MR) is 92.6 cm³/mol. The summed E-state index contributed by atoms with van der Waals surface area (Å²) in [5, 5.41) is 12.0. The molecule has 1 aliphatic heterocycles. The lowest BCUT2D eigenvalue weighted by molar-refractivity contribution is -0.138. The van der Waals surface area contributed by atoms with Gasteiger partial charge in [-0.25, -0.2) is 4.79 Å². The second-order valence-corrected chi connectivity index (χ2v) is 6.73. The average Bonchev–Trinajstić information content (AvgIpc) is 2.61. The van der Waals surface area contributed by atoms with E-state index in [0.717, 1.165) is 32.0 Å². The number of likely N-dealkylation sites (tertiary alicyclic amines) is 1. The van der Waals surface area contributed by atoms with Gasteiger partial charge < -0.3 is 20.2 Å². The Morgan fingerprint density at radius 2 is 2.12 bits per heavy atom. The predicted octanol–water partition coefficient (Wildman–Crippen LogP) is 2.55. The number of rotatable bonds is 6. The Hall–Kier alpha value is -1.80. The number of aliphatic hydroxyl groups is 1. The average molecular weight is 373 g/mol. The van der Waals surface area contributed by atoms with Crippen LogP contribution in [0.1, 0.15) is 24.0 Å². The largest absolute Gasteiger partial charge is 0.416 e. The molecule has 1 saturated heterocycles. The zero-order valence-corrected chi connectivity index (χ0v) is 14.9. The van der Waals surface area contributed by atoms with Gasteiger partial charge in [0.15, 0.2) is 0 Å². The first-order valence-corrected chi connectivity index (χ1v) is 8.78. The second-order valence-electron chi connectivity index (χ2n) is 6.73. The SMILES string of the molecule is CN(Cc1ccccc1C(F)(F)F)C(=O)NCCN1CCCC(CO)C1. The van der Waals surface area contributed by atoms with Crippen LogP contribution >= 0.6 is 0 Å². The van der Waals surface area contributed by atoms with Gasteiger partial charge in [-0.3, -0.25) is 0 Å². The Morgan fingerprint density at radius 1 is 1.38 bits per heavy atom. The molecule has 0 aliphatic carbocycles. The summed E-state index contributed by atoms with van der Waals surface area (Å²) in [5.74, 6) is 0.279. The van der Waals surface area contributed by atoms with Crippen LogP contribution in [0.5, 0.6) is 0 Å². The molecule has 2 amide bonds. The van der Waals surface area contributed by atoms with Crippen molar-refractivity contribution in [1.29, 1.82) is 0 Å². The summed E-state index contributed by atoms with van der Waals surface area (Å²) in [4.78, 5) is 15.6. The van der Waals surface area contributed by atoms with Gasteiger partial charge in [-0.2, -0.15) is 13.2 Å². The number of piperidine rings is 1. The van der Waals surface area contributed by atoms with Crippen molar-refractivity contribution >= 4 is 6.03 Å². The highest BCUT2D eigenvalue weighted by Crippen LogP contribution is 2.32. The van der Waals surface area contributed by atoms with E-state index in [1.54, 1.807) is 0 Å². The van der Waals surface area contributed by atoms with Crippen LogP contribution in [0, 0.1) is 5.92 Å². The summed E-state index contributed by atoms with van der Waals surface area (Å²) in [5.41, 5.74) is -0.650. The number of nitrogens with one attached hydrogen (secondary N) is 1. The molecule has 0 radical (unpaired) electrons. The van der Waals surface area contributed by atoms with Crippen molar-refractivity contribution in [3.05, 3.63) is 35.4 Å². The van der Waals surface area contributed by atoms with E-state index in [0.29, 0.717) is 13.1 Å². The van der Waals surface area contributed by atoms with Crippen LogP contribution in [0.2, 0.25) is 0 Å². The van der Waals surface area contributed by atoms with Gasteiger partial charge in [0.2, 0.25) is 0 Å². The van der Waals surface area contributed by atoms with Gasteiger partial charge >= 0.3 is 12.2 Å².